The summed E-state index contributed by atoms with van der Waals surface area (Å²) in [7, 11) is 0. The molecule has 6 nitrogen and oxygen atoms in total. The Labute approximate surface area is 208 Å². The van der Waals surface area contributed by atoms with Gasteiger partial charge in [0.05, 0.1) is 24.3 Å². The molecule has 2 amide bonds. The number of ether oxygens (including phenoxy) is 1. The predicted molar refractivity (Wildman–Crippen MR) is 130 cm³/mol. The van der Waals surface area contributed by atoms with Gasteiger partial charge in [0.2, 0.25) is 0 Å². The van der Waals surface area contributed by atoms with Gasteiger partial charge in [-0.25, -0.2) is 4.79 Å². The lowest BCUT2D eigenvalue weighted by Crippen LogP contribution is -2.39. The first-order chi connectivity index (χ1) is 17.2. The van der Waals surface area contributed by atoms with Crippen LogP contribution < -0.4 is 5.32 Å². The molecule has 3 aromatic rings. The molecular formula is C27H28F3N3O3. The number of hydrogen-bond donors (Lipinski definition) is 1. The highest BCUT2D eigenvalue weighted by Crippen LogP contribution is 2.33. The molecule has 1 heterocycles. The van der Waals surface area contributed by atoms with Gasteiger partial charge in [-0.1, -0.05) is 36.4 Å². The summed E-state index contributed by atoms with van der Waals surface area (Å²) in [6.45, 7) is 4.24. The van der Waals surface area contributed by atoms with E-state index in [9.17, 15) is 22.8 Å². The molecule has 0 spiro atoms. The molecule has 9 heteroatoms. The van der Waals surface area contributed by atoms with Crippen LogP contribution in [0.5, 0.6) is 0 Å². The summed E-state index contributed by atoms with van der Waals surface area (Å²) in [6.07, 6.45) is -3.03. The minimum atomic E-state index is -4.54. The Morgan fingerprint density at radius 2 is 1.75 bits per heavy atom. The van der Waals surface area contributed by atoms with Crippen LogP contribution in [0.3, 0.4) is 0 Å². The fourth-order valence-electron chi connectivity index (χ4n) is 3.68. The molecule has 0 aliphatic rings. The lowest BCUT2D eigenvalue weighted by Gasteiger charge is -2.24. The van der Waals surface area contributed by atoms with Crippen molar-refractivity contribution in [3.63, 3.8) is 0 Å². The van der Waals surface area contributed by atoms with Gasteiger partial charge in [-0.15, -0.1) is 0 Å². The highest BCUT2D eigenvalue weighted by Gasteiger charge is 2.31. The van der Waals surface area contributed by atoms with Crippen molar-refractivity contribution in [3.8, 4) is 11.3 Å². The fourth-order valence-corrected chi connectivity index (χ4v) is 3.68. The predicted octanol–water partition coefficient (Wildman–Crippen LogP) is 5.60. The van der Waals surface area contributed by atoms with Gasteiger partial charge in [-0.05, 0) is 54.8 Å². The Morgan fingerprint density at radius 3 is 2.42 bits per heavy atom. The number of aromatic nitrogens is 1. The number of benzene rings is 2. The molecule has 1 aromatic heterocycles. The molecule has 3 rings (SSSR count). The summed E-state index contributed by atoms with van der Waals surface area (Å²) in [5.74, 6) is -0.408. The maximum absolute atomic E-state index is 13.5. The first-order valence-corrected chi connectivity index (χ1v) is 11.6. The number of urea groups is 1. The van der Waals surface area contributed by atoms with E-state index in [1.807, 2.05) is 30.3 Å². The molecule has 0 bridgehead atoms. The monoisotopic (exact) mass is 499 g/mol. The minimum Gasteiger partial charge on any atom is -0.466 e. The summed E-state index contributed by atoms with van der Waals surface area (Å²) in [6, 6.07) is 15.6. The van der Waals surface area contributed by atoms with Crippen LogP contribution in [-0.2, 0) is 35.2 Å². The number of halogens is 3. The van der Waals surface area contributed by atoms with Gasteiger partial charge < -0.3 is 15.0 Å². The van der Waals surface area contributed by atoms with E-state index in [0.29, 0.717) is 28.9 Å². The van der Waals surface area contributed by atoms with Crippen LogP contribution in [0.15, 0.2) is 66.9 Å². The quantitative estimate of drug-likeness (QED) is 0.389. The van der Waals surface area contributed by atoms with Gasteiger partial charge in [0.25, 0.3) is 0 Å². The normalized spacial score (nSPS) is 11.1. The van der Waals surface area contributed by atoms with Crippen LogP contribution in [0.25, 0.3) is 11.3 Å². The highest BCUT2D eigenvalue weighted by atomic mass is 19.4. The van der Waals surface area contributed by atoms with E-state index >= 15 is 0 Å². The summed E-state index contributed by atoms with van der Waals surface area (Å²) in [5, 5.41) is 2.81. The Kier molecular flexibility index (Phi) is 9.05. The number of carbonyl (C=O) groups excluding carboxylic acids is 2. The van der Waals surface area contributed by atoms with Gasteiger partial charge in [-0.3, -0.25) is 9.78 Å². The van der Waals surface area contributed by atoms with Crippen molar-refractivity contribution in [2.45, 2.75) is 39.5 Å². The van der Waals surface area contributed by atoms with Gasteiger partial charge >= 0.3 is 18.2 Å². The molecule has 1 N–H and O–H groups in total. The number of esters is 1. The molecule has 0 atom stereocenters. The van der Waals surface area contributed by atoms with Crippen molar-refractivity contribution in [2.75, 3.05) is 13.2 Å². The van der Waals surface area contributed by atoms with Crippen LogP contribution in [0, 0.1) is 0 Å². The van der Waals surface area contributed by atoms with Crippen molar-refractivity contribution in [2.24, 2.45) is 0 Å². The largest absolute Gasteiger partial charge is 0.466 e. The summed E-state index contributed by atoms with van der Waals surface area (Å²) >= 11 is 0. The SMILES string of the molecule is CCOC(=O)Cc1ccnc(-c2ccc(C(F)(F)F)cc2CN(CC)C(=O)NCc2ccccc2)c1. The molecule has 190 valence electrons. The first-order valence-electron chi connectivity index (χ1n) is 11.6. The Balaban J connectivity index is 1.89. The number of carbonyl (C=O) groups is 2. The zero-order valence-electron chi connectivity index (χ0n) is 20.1. The molecule has 0 saturated carbocycles. The van der Waals surface area contributed by atoms with Gasteiger partial charge in [-0.2, -0.15) is 13.2 Å². The van der Waals surface area contributed by atoms with Crippen LogP contribution in [0.4, 0.5) is 18.0 Å². The number of pyridine rings is 1. The molecule has 0 radical (unpaired) electrons. The second kappa shape index (κ2) is 12.2. The van der Waals surface area contributed by atoms with Crippen LogP contribution >= 0.6 is 0 Å². The van der Waals surface area contributed by atoms with Crippen molar-refractivity contribution < 1.29 is 27.5 Å². The van der Waals surface area contributed by atoms with E-state index in [2.05, 4.69) is 10.3 Å². The molecule has 0 aliphatic carbocycles. The van der Waals surface area contributed by atoms with Crippen molar-refractivity contribution >= 4 is 12.0 Å². The Bertz CT molecular complexity index is 1180. The Morgan fingerprint density at radius 1 is 1.00 bits per heavy atom. The third kappa shape index (κ3) is 7.31. The highest BCUT2D eigenvalue weighted by molar-refractivity contribution is 5.75. The van der Waals surface area contributed by atoms with Gasteiger partial charge in [0.1, 0.15) is 0 Å². The Hall–Kier alpha value is -3.88. The lowest BCUT2D eigenvalue weighted by atomic mass is 9.98. The van der Waals surface area contributed by atoms with Crippen molar-refractivity contribution in [1.82, 2.24) is 15.2 Å². The number of nitrogens with one attached hydrogen (secondary N) is 1. The smallest absolute Gasteiger partial charge is 0.416 e. The van der Waals surface area contributed by atoms with Crippen LogP contribution in [0.2, 0.25) is 0 Å². The zero-order valence-corrected chi connectivity index (χ0v) is 20.1. The summed E-state index contributed by atoms with van der Waals surface area (Å²) in [5.41, 5.74) is 1.86. The standard InChI is InChI=1S/C27H28F3N3O3/c1-3-33(26(35)32-17-19-8-6-5-7-9-19)18-21-16-22(27(28,29)30)10-11-23(21)24-14-20(12-13-31-24)15-25(34)36-4-2/h5-14,16H,3-4,15,17-18H2,1-2H3,(H,32,35). The zero-order chi connectivity index (χ0) is 26.1. The van der Waals surface area contributed by atoms with E-state index < -0.39 is 23.7 Å². The fraction of sp³-hybridized carbons (Fsp3) is 0.296. The summed E-state index contributed by atoms with van der Waals surface area (Å²) in [4.78, 5) is 30.5. The molecule has 0 unspecified atom stereocenters. The van der Waals surface area contributed by atoms with Crippen LogP contribution in [0.1, 0.15) is 36.1 Å². The van der Waals surface area contributed by atoms with E-state index in [-0.39, 0.29) is 26.1 Å². The van der Waals surface area contributed by atoms with Crippen molar-refractivity contribution in [1.29, 1.82) is 0 Å². The van der Waals surface area contributed by atoms with E-state index in [1.165, 1.54) is 17.2 Å². The minimum absolute atomic E-state index is 0.0162. The second-order valence-electron chi connectivity index (χ2n) is 8.06. The van der Waals surface area contributed by atoms with Crippen LogP contribution in [-0.4, -0.2) is 35.0 Å². The lowest BCUT2D eigenvalue weighted by molar-refractivity contribution is -0.142. The van der Waals surface area contributed by atoms with E-state index in [0.717, 1.165) is 17.7 Å². The number of alkyl halides is 3. The average molecular weight is 500 g/mol. The number of rotatable bonds is 9. The average Bonchev–Trinajstić information content (AvgIpc) is 2.86. The van der Waals surface area contributed by atoms with Crippen molar-refractivity contribution in [3.05, 3.63) is 89.1 Å². The third-order valence-corrected chi connectivity index (χ3v) is 5.50. The molecule has 0 fully saturated rings. The topological polar surface area (TPSA) is 71.5 Å². The maximum Gasteiger partial charge on any atom is 0.416 e. The third-order valence-electron chi connectivity index (χ3n) is 5.50. The number of nitrogens with zero attached hydrogens (tertiary/aromatic N) is 2. The first kappa shape index (κ1) is 26.7. The second-order valence-corrected chi connectivity index (χ2v) is 8.06. The molecule has 2 aromatic carbocycles. The number of amides is 2. The summed E-state index contributed by atoms with van der Waals surface area (Å²) < 4.78 is 45.5. The van der Waals surface area contributed by atoms with E-state index in [1.54, 1.807) is 26.0 Å². The van der Waals surface area contributed by atoms with Gasteiger partial charge in [0.15, 0.2) is 0 Å². The molecule has 0 saturated heterocycles. The molecular weight excluding hydrogens is 471 g/mol. The molecule has 0 aliphatic heterocycles. The molecule has 36 heavy (non-hydrogen) atoms. The maximum atomic E-state index is 13.5. The van der Waals surface area contributed by atoms with E-state index in [4.69, 9.17) is 4.74 Å². The number of hydrogen-bond acceptors (Lipinski definition) is 4. The van der Waals surface area contributed by atoms with Gasteiger partial charge in [0, 0.05) is 31.4 Å².